The fourth-order valence-electron chi connectivity index (χ4n) is 2.50. The number of piperazine rings is 1. The molecular weight excluding hydrogens is 307 g/mol. The molecule has 1 atom stereocenters. The van der Waals surface area contributed by atoms with Crippen molar-refractivity contribution >= 4 is 20.7 Å². The second kappa shape index (κ2) is 8.13. The lowest BCUT2D eigenvalue weighted by Crippen LogP contribution is -2.45. The lowest BCUT2D eigenvalue weighted by molar-refractivity contribution is 0.147. The van der Waals surface area contributed by atoms with Crippen molar-refractivity contribution in [3.63, 3.8) is 0 Å². The van der Waals surface area contributed by atoms with Gasteiger partial charge >= 0.3 is 0 Å². The van der Waals surface area contributed by atoms with Gasteiger partial charge in [0, 0.05) is 26.2 Å². The number of hydrogen-bond acceptors (Lipinski definition) is 3. The van der Waals surface area contributed by atoms with Crippen molar-refractivity contribution in [2.45, 2.75) is 25.7 Å². The highest BCUT2D eigenvalue weighted by molar-refractivity contribution is 6.70. The molecular formula is C15H26ClFN2OSi. The van der Waals surface area contributed by atoms with Gasteiger partial charge in [0.2, 0.25) is 8.32 Å². The summed E-state index contributed by atoms with van der Waals surface area (Å²) in [5, 5.41) is 3.30. The smallest absolute Gasteiger partial charge is 0.242 e. The molecule has 0 unspecified atom stereocenters. The normalized spacial score (nSPS) is 17.9. The molecule has 1 aromatic carbocycles. The standard InChI is InChI=1S/C15H25FN2OSi.ClH/c1-20(2,3)19-14-6-4-13(5-7-14)15(12-16)18-10-8-17-9-11-18;/h4-7,15,17H,8-12H2,1-3H3;1H/t15-;/m0./s1. The Morgan fingerprint density at radius 1 is 1.19 bits per heavy atom. The van der Waals surface area contributed by atoms with Crippen molar-refractivity contribution in [2.75, 3.05) is 32.9 Å². The molecule has 1 aliphatic heterocycles. The van der Waals surface area contributed by atoms with Crippen LogP contribution in [0.3, 0.4) is 0 Å². The van der Waals surface area contributed by atoms with Crippen LogP contribution < -0.4 is 9.74 Å². The second-order valence-corrected chi connectivity index (χ2v) is 10.7. The molecule has 0 bridgehead atoms. The lowest BCUT2D eigenvalue weighted by atomic mass is 10.1. The SMILES string of the molecule is C[Si](C)(C)Oc1ccc([C@H](CF)N2CCNCC2)cc1.Cl. The maximum absolute atomic E-state index is 13.4. The first-order valence-electron chi connectivity index (χ1n) is 7.29. The molecule has 1 heterocycles. The van der Waals surface area contributed by atoms with Crippen LogP contribution in [0.1, 0.15) is 11.6 Å². The lowest BCUT2D eigenvalue weighted by Gasteiger charge is -2.33. The average molecular weight is 333 g/mol. The Bertz CT molecular complexity index is 419. The van der Waals surface area contributed by atoms with Gasteiger partial charge in [-0.1, -0.05) is 12.1 Å². The number of alkyl halides is 1. The van der Waals surface area contributed by atoms with E-state index < -0.39 is 8.32 Å². The van der Waals surface area contributed by atoms with Crippen molar-refractivity contribution in [2.24, 2.45) is 0 Å². The first kappa shape index (κ1) is 18.4. The number of rotatable bonds is 5. The third-order valence-electron chi connectivity index (χ3n) is 3.43. The molecule has 0 radical (unpaired) electrons. The van der Waals surface area contributed by atoms with Crippen LogP contribution in [0.5, 0.6) is 5.75 Å². The van der Waals surface area contributed by atoms with Gasteiger partial charge in [0.05, 0.1) is 6.04 Å². The van der Waals surface area contributed by atoms with E-state index in [1.807, 2.05) is 24.3 Å². The van der Waals surface area contributed by atoms with Crippen molar-refractivity contribution in [3.05, 3.63) is 29.8 Å². The van der Waals surface area contributed by atoms with Crippen molar-refractivity contribution in [3.8, 4) is 5.75 Å². The van der Waals surface area contributed by atoms with E-state index in [-0.39, 0.29) is 25.1 Å². The van der Waals surface area contributed by atoms with E-state index in [0.29, 0.717) is 0 Å². The fourth-order valence-corrected chi connectivity index (χ4v) is 3.35. The number of nitrogens with zero attached hydrogens (tertiary/aromatic N) is 1. The predicted molar refractivity (Wildman–Crippen MR) is 90.8 cm³/mol. The van der Waals surface area contributed by atoms with E-state index in [9.17, 15) is 4.39 Å². The maximum Gasteiger partial charge on any atom is 0.242 e. The monoisotopic (exact) mass is 332 g/mol. The molecule has 0 amide bonds. The summed E-state index contributed by atoms with van der Waals surface area (Å²) in [6, 6.07) is 7.82. The molecule has 0 saturated carbocycles. The number of hydrogen-bond donors (Lipinski definition) is 1. The summed E-state index contributed by atoms with van der Waals surface area (Å²) >= 11 is 0. The van der Waals surface area contributed by atoms with E-state index >= 15 is 0 Å². The number of benzene rings is 1. The van der Waals surface area contributed by atoms with Crippen LogP contribution in [0.2, 0.25) is 19.6 Å². The summed E-state index contributed by atoms with van der Waals surface area (Å²) in [5.41, 5.74) is 1.04. The van der Waals surface area contributed by atoms with E-state index in [1.165, 1.54) is 0 Å². The van der Waals surface area contributed by atoms with Crippen LogP contribution >= 0.6 is 12.4 Å². The molecule has 0 aromatic heterocycles. The fraction of sp³-hybridized carbons (Fsp3) is 0.600. The maximum atomic E-state index is 13.4. The zero-order valence-corrected chi connectivity index (χ0v) is 14.9. The van der Waals surface area contributed by atoms with Gasteiger partial charge in [-0.2, -0.15) is 0 Å². The Balaban J connectivity index is 0.00000220. The molecule has 3 nitrogen and oxygen atoms in total. The van der Waals surface area contributed by atoms with E-state index in [2.05, 4.69) is 29.9 Å². The van der Waals surface area contributed by atoms with Gasteiger partial charge in [-0.05, 0) is 37.3 Å². The van der Waals surface area contributed by atoms with Crippen molar-refractivity contribution < 1.29 is 8.82 Å². The Kier molecular flexibility index (Phi) is 7.13. The Morgan fingerprint density at radius 2 is 1.76 bits per heavy atom. The topological polar surface area (TPSA) is 24.5 Å². The Hall–Kier alpha value is -0.623. The zero-order chi connectivity index (χ0) is 14.6. The minimum Gasteiger partial charge on any atom is -0.544 e. The van der Waals surface area contributed by atoms with Gasteiger partial charge in [-0.25, -0.2) is 4.39 Å². The van der Waals surface area contributed by atoms with Crippen molar-refractivity contribution in [1.82, 2.24) is 10.2 Å². The largest absolute Gasteiger partial charge is 0.544 e. The van der Waals surface area contributed by atoms with Gasteiger partial charge in [0.1, 0.15) is 12.4 Å². The third-order valence-corrected chi connectivity index (χ3v) is 4.28. The van der Waals surface area contributed by atoms with Crippen LogP contribution in [0.15, 0.2) is 24.3 Å². The van der Waals surface area contributed by atoms with Gasteiger partial charge in [0.25, 0.3) is 0 Å². The molecule has 1 N–H and O–H groups in total. The zero-order valence-electron chi connectivity index (χ0n) is 13.1. The van der Waals surface area contributed by atoms with Gasteiger partial charge in [-0.3, -0.25) is 4.90 Å². The van der Waals surface area contributed by atoms with E-state index in [1.54, 1.807) is 0 Å². The summed E-state index contributed by atoms with van der Waals surface area (Å²) in [6.07, 6.45) is 0. The second-order valence-electron chi connectivity index (χ2n) is 6.24. The molecule has 21 heavy (non-hydrogen) atoms. The number of halogens is 2. The molecule has 2 rings (SSSR count). The van der Waals surface area contributed by atoms with Crippen LogP contribution in [-0.2, 0) is 0 Å². The molecule has 120 valence electrons. The quantitative estimate of drug-likeness (QED) is 0.838. The molecule has 1 aromatic rings. The predicted octanol–water partition coefficient (Wildman–Crippen LogP) is 3.24. The van der Waals surface area contributed by atoms with Crippen LogP contribution in [-0.4, -0.2) is 46.1 Å². The average Bonchev–Trinajstić information content (AvgIpc) is 2.41. The molecule has 6 heteroatoms. The summed E-state index contributed by atoms with van der Waals surface area (Å²) in [5.74, 6) is 0.894. The van der Waals surface area contributed by atoms with Gasteiger partial charge in [-0.15, -0.1) is 12.4 Å². The van der Waals surface area contributed by atoms with E-state index in [0.717, 1.165) is 37.5 Å². The van der Waals surface area contributed by atoms with Crippen LogP contribution in [0, 0.1) is 0 Å². The minimum absolute atomic E-state index is 0. The summed E-state index contributed by atoms with van der Waals surface area (Å²) in [6.45, 7) is 9.82. The third kappa shape index (κ3) is 5.58. The molecule has 1 saturated heterocycles. The van der Waals surface area contributed by atoms with E-state index in [4.69, 9.17) is 4.43 Å². The summed E-state index contributed by atoms with van der Waals surface area (Å²) in [4.78, 5) is 2.21. The van der Waals surface area contributed by atoms with Gasteiger partial charge < -0.3 is 9.74 Å². The molecule has 1 aliphatic rings. The molecule has 0 aliphatic carbocycles. The molecule has 0 spiro atoms. The Labute approximate surface area is 134 Å². The highest BCUT2D eigenvalue weighted by atomic mass is 35.5. The highest BCUT2D eigenvalue weighted by Gasteiger charge is 2.22. The summed E-state index contributed by atoms with van der Waals surface area (Å²) in [7, 11) is -1.58. The number of nitrogens with one attached hydrogen (secondary N) is 1. The van der Waals surface area contributed by atoms with Gasteiger partial charge in [0.15, 0.2) is 0 Å². The first-order valence-corrected chi connectivity index (χ1v) is 10.7. The first-order chi connectivity index (χ1) is 9.49. The van der Waals surface area contributed by atoms with Crippen molar-refractivity contribution in [1.29, 1.82) is 0 Å². The van der Waals surface area contributed by atoms with Crippen LogP contribution in [0.25, 0.3) is 0 Å². The van der Waals surface area contributed by atoms with Crippen LogP contribution in [0.4, 0.5) is 4.39 Å². The summed E-state index contributed by atoms with van der Waals surface area (Å²) < 4.78 is 19.4. The molecule has 1 fully saturated rings. The minimum atomic E-state index is -1.58. The highest BCUT2D eigenvalue weighted by Crippen LogP contribution is 2.25. The Morgan fingerprint density at radius 3 is 2.24 bits per heavy atom.